The maximum atomic E-state index is 13.0. The van der Waals surface area contributed by atoms with E-state index in [1.807, 2.05) is 0 Å². The van der Waals surface area contributed by atoms with Crippen molar-refractivity contribution in [3.63, 3.8) is 0 Å². The third kappa shape index (κ3) is 5.31. The van der Waals surface area contributed by atoms with Crippen LogP contribution in [0.2, 0.25) is 0 Å². The van der Waals surface area contributed by atoms with Crippen LogP contribution in [0.1, 0.15) is 78.1 Å². The molecule has 3 nitrogen and oxygen atoms in total. The summed E-state index contributed by atoms with van der Waals surface area (Å²) in [6.07, 6.45) is 11.4. The molecule has 182 valence electrons. The lowest BCUT2D eigenvalue weighted by molar-refractivity contribution is 0.0609. The molecule has 0 spiro atoms. The Morgan fingerprint density at radius 3 is 2.56 bits per heavy atom. The van der Waals surface area contributed by atoms with Crippen LogP contribution in [0, 0.1) is 29.1 Å². The lowest BCUT2D eigenvalue weighted by Gasteiger charge is -2.44. The van der Waals surface area contributed by atoms with Gasteiger partial charge < -0.3 is 15.1 Å². The average molecular weight is 452 g/mol. The predicted octanol–water partition coefficient (Wildman–Crippen LogP) is 5.57. The number of likely N-dealkylation sites (tertiary alicyclic amines) is 1. The average Bonchev–Trinajstić information content (AvgIpc) is 3.34. The van der Waals surface area contributed by atoms with Gasteiger partial charge in [0.2, 0.25) is 6.43 Å². The molecule has 32 heavy (non-hydrogen) atoms. The van der Waals surface area contributed by atoms with Crippen molar-refractivity contribution in [3.05, 3.63) is 23.3 Å². The van der Waals surface area contributed by atoms with E-state index in [1.54, 1.807) is 5.57 Å². The van der Waals surface area contributed by atoms with Gasteiger partial charge in [0.15, 0.2) is 0 Å². The monoisotopic (exact) mass is 451 g/mol. The van der Waals surface area contributed by atoms with Gasteiger partial charge in [0.25, 0.3) is 0 Å². The van der Waals surface area contributed by atoms with Gasteiger partial charge in [-0.2, -0.15) is 0 Å². The van der Waals surface area contributed by atoms with Crippen molar-refractivity contribution < 1.29 is 19.0 Å². The van der Waals surface area contributed by atoms with Crippen LogP contribution in [0.15, 0.2) is 23.3 Å². The van der Waals surface area contributed by atoms with Gasteiger partial charge in [0.1, 0.15) is 0 Å². The van der Waals surface area contributed by atoms with Gasteiger partial charge in [-0.25, -0.2) is 8.78 Å². The van der Waals surface area contributed by atoms with Crippen LogP contribution >= 0.6 is 0 Å². The van der Waals surface area contributed by atoms with Crippen LogP contribution in [0.4, 0.5) is 8.78 Å². The van der Waals surface area contributed by atoms with Gasteiger partial charge in [-0.15, -0.1) is 0 Å². The fourth-order valence-electron chi connectivity index (χ4n) is 7.60. The first-order chi connectivity index (χ1) is 15.3. The van der Waals surface area contributed by atoms with Crippen LogP contribution in [0.3, 0.4) is 0 Å². The number of rotatable bonds is 6. The lowest BCUT2D eigenvalue weighted by atomic mass is 9.61. The summed E-state index contributed by atoms with van der Waals surface area (Å²) < 4.78 is 26.0. The van der Waals surface area contributed by atoms with E-state index in [9.17, 15) is 19.0 Å². The first-order valence-corrected chi connectivity index (χ1v) is 13.0. The van der Waals surface area contributed by atoms with Gasteiger partial charge in [-0.1, -0.05) is 37.1 Å². The van der Waals surface area contributed by atoms with Gasteiger partial charge >= 0.3 is 0 Å². The highest BCUT2D eigenvalue weighted by Crippen LogP contribution is 2.59. The molecule has 0 bridgehead atoms. The zero-order chi connectivity index (χ0) is 22.9. The summed E-state index contributed by atoms with van der Waals surface area (Å²) in [6, 6.07) is 0. The smallest absolute Gasteiger partial charge is 0.242 e. The van der Waals surface area contributed by atoms with E-state index in [2.05, 4.69) is 30.9 Å². The van der Waals surface area contributed by atoms with Gasteiger partial charge in [0, 0.05) is 12.5 Å². The molecule has 7 atom stereocenters. The summed E-state index contributed by atoms with van der Waals surface area (Å²) in [6.45, 7) is 7.25. The summed E-state index contributed by atoms with van der Waals surface area (Å²) in [7, 11) is 0. The molecule has 4 rings (SSSR count). The Kier molecular flexibility index (Phi) is 7.78. The van der Waals surface area contributed by atoms with E-state index in [0.29, 0.717) is 55.4 Å². The molecule has 1 saturated heterocycles. The maximum Gasteiger partial charge on any atom is 0.242 e. The number of nitrogens with zero attached hydrogens (tertiary/aromatic N) is 1. The molecule has 3 aliphatic carbocycles. The van der Waals surface area contributed by atoms with E-state index < -0.39 is 24.6 Å². The van der Waals surface area contributed by atoms with Crippen LogP contribution in [0.25, 0.3) is 0 Å². The van der Waals surface area contributed by atoms with E-state index in [0.717, 1.165) is 19.5 Å². The quantitative estimate of drug-likeness (QED) is 0.554. The minimum atomic E-state index is -2.17. The zero-order valence-electron chi connectivity index (χ0n) is 20.0. The first kappa shape index (κ1) is 24.3. The van der Waals surface area contributed by atoms with Crippen molar-refractivity contribution in [3.8, 4) is 0 Å². The molecule has 2 N–H and O–H groups in total. The third-order valence-electron chi connectivity index (χ3n) is 9.36. The Bertz CT molecular complexity index is 696. The largest absolute Gasteiger partial charge is 0.393 e. The number of hydrogen-bond donors (Lipinski definition) is 2. The molecule has 0 amide bonds. The summed E-state index contributed by atoms with van der Waals surface area (Å²) in [5.74, 6) is 1.53. The van der Waals surface area contributed by atoms with Crippen LogP contribution in [-0.2, 0) is 0 Å². The van der Waals surface area contributed by atoms with Crippen LogP contribution < -0.4 is 0 Å². The summed E-state index contributed by atoms with van der Waals surface area (Å²) in [5, 5.41) is 20.0. The highest BCUT2D eigenvalue weighted by Gasteiger charge is 2.50. The Morgan fingerprint density at radius 1 is 1.12 bits per heavy atom. The number of halogens is 2. The molecule has 0 aromatic heterocycles. The highest BCUT2D eigenvalue weighted by atomic mass is 19.3. The lowest BCUT2D eigenvalue weighted by Crippen LogP contribution is -2.37. The number of allylic oxidation sites excluding steroid dienone is 3. The fraction of sp³-hybridized carbons (Fsp3) is 0.852. The van der Waals surface area contributed by atoms with Crippen molar-refractivity contribution in [2.24, 2.45) is 29.1 Å². The van der Waals surface area contributed by atoms with E-state index in [1.165, 1.54) is 37.7 Å². The second-order valence-electron chi connectivity index (χ2n) is 11.6. The molecule has 3 saturated carbocycles. The first-order valence-electron chi connectivity index (χ1n) is 13.0. The molecule has 0 aromatic rings. The number of hydrogen-bond acceptors (Lipinski definition) is 3. The number of aliphatic hydroxyl groups is 2. The topological polar surface area (TPSA) is 43.7 Å². The van der Waals surface area contributed by atoms with Gasteiger partial charge in [-0.05, 0) is 100 Å². The van der Waals surface area contributed by atoms with Crippen molar-refractivity contribution in [2.75, 3.05) is 19.6 Å². The molecule has 1 aliphatic heterocycles. The van der Waals surface area contributed by atoms with Gasteiger partial charge in [-0.3, -0.25) is 0 Å². The predicted molar refractivity (Wildman–Crippen MR) is 125 cm³/mol. The summed E-state index contributed by atoms with van der Waals surface area (Å²) in [5.41, 5.74) is 3.07. The van der Waals surface area contributed by atoms with Crippen LogP contribution in [-0.4, -0.2) is 53.4 Å². The van der Waals surface area contributed by atoms with Crippen LogP contribution in [0.5, 0.6) is 0 Å². The standard InChI is InChI=1S/C27H43F2NO2/c1-18(9-12-30-13-10-21(17-30)26(28)29)24-7-8-25-20(4-3-11-27(24,25)2)6-5-19-14-22(31)16-23(32)15-19/h5-6,18,21-26,31-32H,3-4,7-17H2,1-2H3/t18?,21?,22-,23-,24-,25+,27-/m1/s1. The Morgan fingerprint density at radius 2 is 1.88 bits per heavy atom. The number of fused-ring (bicyclic) bond motifs is 1. The maximum absolute atomic E-state index is 13.0. The normalized spacial score (nSPS) is 40.8. The van der Waals surface area contributed by atoms with Crippen molar-refractivity contribution in [1.29, 1.82) is 0 Å². The highest BCUT2D eigenvalue weighted by molar-refractivity contribution is 5.26. The number of alkyl halides is 2. The van der Waals surface area contributed by atoms with Gasteiger partial charge in [0.05, 0.1) is 12.2 Å². The minimum Gasteiger partial charge on any atom is -0.393 e. The third-order valence-corrected chi connectivity index (χ3v) is 9.36. The Balaban J connectivity index is 1.37. The number of aliphatic hydroxyl groups excluding tert-OH is 2. The molecule has 2 unspecified atom stereocenters. The van der Waals surface area contributed by atoms with E-state index >= 15 is 0 Å². The molecule has 1 heterocycles. The van der Waals surface area contributed by atoms with E-state index in [-0.39, 0.29) is 0 Å². The summed E-state index contributed by atoms with van der Waals surface area (Å²) >= 11 is 0. The molecule has 0 aromatic carbocycles. The van der Waals surface area contributed by atoms with Crippen molar-refractivity contribution in [2.45, 2.75) is 96.7 Å². The molecule has 5 heteroatoms. The van der Waals surface area contributed by atoms with Crippen molar-refractivity contribution in [1.82, 2.24) is 4.90 Å². The second kappa shape index (κ2) is 10.2. The second-order valence-corrected chi connectivity index (χ2v) is 11.6. The fourth-order valence-corrected chi connectivity index (χ4v) is 7.60. The molecular weight excluding hydrogens is 408 g/mol. The Labute approximate surface area is 193 Å². The molecule has 4 aliphatic rings. The molecular formula is C27H43F2NO2. The minimum absolute atomic E-state index is 0.337. The van der Waals surface area contributed by atoms with E-state index in [4.69, 9.17) is 0 Å². The summed E-state index contributed by atoms with van der Waals surface area (Å²) in [4.78, 5) is 2.26. The van der Waals surface area contributed by atoms with Crippen molar-refractivity contribution >= 4 is 0 Å². The molecule has 0 radical (unpaired) electrons. The SMILES string of the molecule is CC(CCN1CCC(C(F)F)C1)[C@H]1CC[C@H]2C(=CC=C3C[C@@H](O)C[C@H](O)C3)CCC[C@]12C. The Hall–Kier alpha value is -0.780. The zero-order valence-corrected chi connectivity index (χ0v) is 20.0. The molecule has 4 fully saturated rings.